The van der Waals surface area contributed by atoms with E-state index in [0.29, 0.717) is 10.0 Å². The summed E-state index contributed by atoms with van der Waals surface area (Å²) in [7, 11) is 0. The maximum atomic E-state index is 13.6. The highest BCUT2D eigenvalue weighted by molar-refractivity contribution is 7.12. The second-order valence-corrected chi connectivity index (χ2v) is 6.00. The lowest BCUT2D eigenvalue weighted by atomic mass is 10.2. The van der Waals surface area contributed by atoms with Gasteiger partial charge in [0.1, 0.15) is 11.9 Å². The quantitative estimate of drug-likeness (QED) is 0.532. The first-order valence-electron chi connectivity index (χ1n) is 6.87. The van der Waals surface area contributed by atoms with Crippen LogP contribution in [0.3, 0.4) is 0 Å². The fraction of sp³-hybridized carbons (Fsp3) is 0. The van der Waals surface area contributed by atoms with Gasteiger partial charge >= 0.3 is 0 Å². The predicted molar refractivity (Wildman–Crippen MR) is 94.7 cm³/mol. The molecule has 4 nitrogen and oxygen atoms in total. The van der Waals surface area contributed by atoms with Crippen molar-refractivity contribution in [2.45, 2.75) is 0 Å². The van der Waals surface area contributed by atoms with Crippen molar-refractivity contribution in [1.29, 1.82) is 5.26 Å². The van der Waals surface area contributed by atoms with Gasteiger partial charge in [-0.2, -0.15) is 10.4 Å². The Kier molecular flexibility index (Phi) is 4.85. The number of aromatic nitrogens is 1. The summed E-state index contributed by atoms with van der Waals surface area (Å²) in [4.78, 5) is 4.40. The topological polar surface area (TPSA) is 61.1 Å². The van der Waals surface area contributed by atoms with Gasteiger partial charge in [-0.15, -0.1) is 11.3 Å². The van der Waals surface area contributed by atoms with Crippen molar-refractivity contribution in [2.24, 2.45) is 5.10 Å². The molecule has 0 atom stereocenters. The SMILES string of the molecule is N#CC(=NNc1ccccc1F)c1nc(-c2ccc(Cl)cc2)cs1. The summed E-state index contributed by atoms with van der Waals surface area (Å²) in [5, 5.41) is 16.2. The monoisotopic (exact) mass is 356 g/mol. The van der Waals surface area contributed by atoms with Gasteiger partial charge in [0.25, 0.3) is 0 Å². The molecular formula is C17H10ClFN4S. The van der Waals surface area contributed by atoms with Crippen molar-refractivity contribution in [3.63, 3.8) is 0 Å². The smallest absolute Gasteiger partial charge is 0.196 e. The zero-order chi connectivity index (χ0) is 16.9. The highest BCUT2D eigenvalue weighted by Gasteiger charge is 2.11. The second kappa shape index (κ2) is 7.21. The van der Waals surface area contributed by atoms with Crippen LogP contribution in [0.1, 0.15) is 5.01 Å². The summed E-state index contributed by atoms with van der Waals surface area (Å²) in [5.41, 5.74) is 4.45. The third-order valence-corrected chi connectivity index (χ3v) is 4.22. The van der Waals surface area contributed by atoms with E-state index < -0.39 is 5.82 Å². The van der Waals surface area contributed by atoms with Gasteiger partial charge in [-0.05, 0) is 24.3 Å². The molecule has 0 unspecified atom stereocenters. The number of hydrogen-bond donors (Lipinski definition) is 1. The van der Waals surface area contributed by atoms with E-state index in [4.69, 9.17) is 11.6 Å². The van der Waals surface area contributed by atoms with Gasteiger partial charge in [0, 0.05) is 16.0 Å². The lowest BCUT2D eigenvalue weighted by Gasteiger charge is -2.01. The largest absolute Gasteiger partial charge is 0.274 e. The Morgan fingerprint density at radius 2 is 1.96 bits per heavy atom. The van der Waals surface area contributed by atoms with Gasteiger partial charge < -0.3 is 0 Å². The molecule has 0 amide bonds. The Labute approximate surface area is 146 Å². The third-order valence-electron chi connectivity index (χ3n) is 3.11. The fourth-order valence-electron chi connectivity index (χ4n) is 1.92. The Bertz CT molecular complexity index is 928. The van der Waals surface area contributed by atoms with Crippen LogP contribution >= 0.6 is 22.9 Å². The average molecular weight is 357 g/mol. The third kappa shape index (κ3) is 3.59. The first-order valence-corrected chi connectivity index (χ1v) is 8.13. The van der Waals surface area contributed by atoms with Crippen LogP contribution in [0.2, 0.25) is 5.02 Å². The molecule has 7 heteroatoms. The van der Waals surface area contributed by atoms with Crippen LogP contribution in [-0.4, -0.2) is 10.7 Å². The minimum absolute atomic E-state index is 0.0865. The van der Waals surface area contributed by atoms with Gasteiger partial charge in [0.05, 0.1) is 11.4 Å². The molecule has 1 N–H and O–H groups in total. The van der Waals surface area contributed by atoms with Crippen molar-refractivity contribution in [2.75, 3.05) is 5.43 Å². The molecule has 118 valence electrons. The highest BCUT2D eigenvalue weighted by Crippen LogP contribution is 2.24. The summed E-state index contributed by atoms with van der Waals surface area (Å²) in [6, 6.07) is 15.3. The molecule has 0 aliphatic rings. The Balaban J connectivity index is 1.84. The van der Waals surface area contributed by atoms with Crippen LogP contribution in [0, 0.1) is 17.1 Å². The molecule has 3 rings (SSSR count). The minimum Gasteiger partial charge on any atom is -0.274 e. The predicted octanol–water partition coefficient (Wildman–Crippen LogP) is 4.94. The molecule has 24 heavy (non-hydrogen) atoms. The van der Waals surface area contributed by atoms with E-state index in [9.17, 15) is 9.65 Å². The van der Waals surface area contributed by atoms with Gasteiger partial charge in [0.2, 0.25) is 0 Å². The number of nitriles is 1. The van der Waals surface area contributed by atoms with E-state index in [2.05, 4.69) is 15.5 Å². The van der Waals surface area contributed by atoms with Crippen LogP contribution in [0.15, 0.2) is 59.0 Å². The summed E-state index contributed by atoms with van der Waals surface area (Å²) in [6.45, 7) is 0. The zero-order valence-corrected chi connectivity index (χ0v) is 13.8. The Morgan fingerprint density at radius 1 is 1.21 bits per heavy atom. The summed E-state index contributed by atoms with van der Waals surface area (Å²) >= 11 is 7.16. The summed E-state index contributed by atoms with van der Waals surface area (Å²) in [5.74, 6) is -0.445. The first-order chi connectivity index (χ1) is 11.7. The van der Waals surface area contributed by atoms with Crippen molar-refractivity contribution >= 4 is 34.3 Å². The minimum atomic E-state index is -0.445. The summed E-state index contributed by atoms with van der Waals surface area (Å²) in [6.07, 6.45) is 0. The van der Waals surface area contributed by atoms with Crippen molar-refractivity contribution in [1.82, 2.24) is 4.98 Å². The van der Waals surface area contributed by atoms with Gasteiger partial charge in [-0.25, -0.2) is 9.37 Å². The van der Waals surface area contributed by atoms with Crippen LogP contribution in [0.4, 0.5) is 10.1 Å². The molecule has 0 spiro atoms. The number of hydrazone groups is 1. The van der Waals surface area contributed by atoms with Gasteiger partial charge in [0.15, 0.2) is 10.7 Å². The first kappa shape index (κ1) is 16.1. The Hall–Kier alpha value is -2.75. The standard InChI is InChI=1S/C17H10ClFN4S/c18-12-7-5-11(6-8-12)16-10-24-17(21-16)15(9-20)23-22-14-4-2-1-3-13(14)19/h1-8,10,22H. The average Bonchev–Trinajstić information content (AvgIpc) is 3.07. The summed E-state index contributed by atoms with van der Waals surface area (Å²) < 4.78 is 13.6. The van der Waals surface area contributed by atoms with E-state index in [0.717, 1.165) is 11.3 Å². The van der Waals surface area contributed by atoms with Crippen LogP contribution < -0.4 is 5.43 Å². The van der Waals surface area contributed by atoms with Crippen LogP contribution in [0.25, 0.3) is 11.3 Å². The molecule has 0 fully saturated rings. The molecule has 1 heterocycles. The molecular weight excluding hydrogens is 347 g/mol. The molecule has 0 saturated carbocycles. The zero-order valence-electron chi connectivity index (χ0n) is 12.2. The van der Waals surface area contributed by atoms with E-state index in [1.54, 1.807) is 24.3 Å². The number of benzene rings is 2. The van der Waals surface area contributed by atoms with Gasteiger partial charge in [-0.3, -0.25) is 5.43 Å². The molecule has 2 aromatic carbocycles. The number of nitrogens with one attached hydrogen (secondary N) is 1. The normalized spacial score (nSPS) is 11.1. The number of nitrogens with zero attached hydrogens (tertiary/aromatic N) is 3. The highest BCUT2D eigenvalue weighted by atomic mass is 35.5. The van der Waals surface area contributed by atoms with Crippen LogP contribution in [-0.2, 0) is 0 Å². The van der Waals surface area contributed by atoms with E-state index in [1.165, 1.54) is 23.5 Å². The maximum absolute atomic E-state index is 13.6. The maximum Gasteiger partial charge on any atom is 0.196 e. The lowest BCUT2D eigenvalue weighted by molar-refractivity contribution is 0.630. The fourth-order valence-corrected chi connectivity index (χ4v) is 2.82. The Morgan fingerprint density at radius 3 is 2.67 bits per heavy atom. The molecule has 0 bridgehead atoms. The van der Waals surface area contributed by atoms with E-state index >= 15 is 0 Å². The molecule has 1 aromatic heterocycles. The van der Waals surface area contributed by atoms with Crippen molar-refractivity contribution in [3.05, 3.63) is 69.8 Å². The number of anilines is 1. The number of hydrogen-bond acceptors (Lipinski definition) is 5. The number of para-hydroxylation sites is 1. The van der Waals surface area contributed by atoms with Gasteiger partial charge in [-0.1, -0.05) is 35.9 Å². The number of halogens is 2. The molecule has 0 radical (unpaired) electrons. The lowest BCUT2D eigenvalue weighted by Crippen LogP contribution is -2.02. The van der Waals surface area contributed by atoms with Crippen LogP contribution in [0.5, 0.6) is 0 Å². The molecule has 0 aliphatic carbocycles. The number of thiazole rings is 1. The molecule has 3 aromatic rings. The molecule has 0 saturated heterocycles. The van der Waals surface area contributed by atoms with E-state index in [-0.39, 0.29) is 11.4 Å². The van der Waals surface area contributed by atoms with Crippen molar-refractivity contribution in [3.8, 4) is 17.3 Å². The molecule has 0 aliphatic heterocycles. The number of rotatable bonds is 4. The van der Waals surface area contributed by atoms with E-state index in [1.807, 2.05) is 23.6 Å². The second-order valence-electron chi connectivity index (χ2n) is 4.71. The van der Waals surface area contributed by atoms with Crippen molar-refractivity contribution < 1.29 is 4.39 Å².